The Morgan fingerprint density at radius 3 is 2.07 bits per heavy atom. The van der Waals surface area contributed by atoms with Crippen LogP contribution in [0.2, 0.25) is 5.02 Å². The number of pyridine rings is 2. The number of likely N-dealkylation sites (tertiary alicyclic amines) is 1. The van der Waals surface area contributed by atoms with Crippen LogP contribution in [0, 0.1) is 0 Å². The van der Waals surface area contributed by atoms with Crippen LogP contribution in [0.3, 0.4) is 0 Å². The molecule has 0 radical (unpaired) electrons. The Balaban J connectivity index is 1.94. The van der Waals surface area contributed by atoms with E-state index >= 15 is 0 Å². The monoisotopic (exact) mass is 379 g/mol. The highest BCUT2D eigenvalue weighted by atomic mass is 35.5. The van der Waals surface area contributed by atoms with E-state index in [9.17, 15) is 5.11 Å². The van der Waals surface area contributed by atoms with E-state index in [1.807, 2.05) is 48.5 Å². The van der Waals surface area contributed by atoms with Crippen molar-refractivity contribution in [2.75, 3.05) is 13.1 Å². The van der Waals surface area contributed by atoms with E-state index in [1.54, 1.807) is 24.8 Å². The zero-order valence-corrected chi connectivity index (χ0v) is 15.8. The molecule has 1 aromatic carbocycles. The zero-order valence-electron chi connectivity index (χ0n) is 15.0. The number of hydrogen-bond acceptors (Lipinski definition) is 4. The van der Waals surface area contributed by atoms with Gasteiger partial charge in [-0.25, -0.2) is 0 Å². The van der Waals surface area contributed by atoms with Crippen molar-refractivity contribution >= 4 is 11.6 Å². The summed E-state index contributed by atoms with van der Waals surface area (Å²) in [4.78, 5) is 10.9. The zero-order chi connectivity index (χ0) is 18.7. The average Bonchev–Trinajstić information content (AvgIpc) is 3.23. The molecule has 5 heteroatoms. The molecular weight excluding hydrogens is 358 g/mol. The molecule has 0 spiro atoms. The summed E-state index contributed by atoms with van der Waals surface area (Å²) in [5, 5.41) is 12.9. The predicted octanol–water partition coefficient (Wildman–Crippen LogP) is 4.20. The van der Waals surface area contributed by atoms with Gasteiger partial charge in [0.25, 0.3) is 0 Å². The van der Waals surface area contributed by atoms with Gasteiger partial charge in [-0.05, 0) is 55.8 Å². The van der Waals surface area contributed by atoms with Gasteiger partial charge in [0, 0.05) is 40.9 Å². The van der Waals surface area contributed by atoms with Crippen molar-refractivity contribution in [3.8, 4) is 0 Å². The number of benzene rings is 1. The van der Waals surface area contributed by atoms with E-state index < -0.39 is 5.60 Å². The van der Waals surface area contributed by atoms with Crippen LogP contribution in [0.15, 0.2) is 73.3 Å². The molecule has 4 nitrogen and oxygen atoms in total. The highest BCUT2D eigenvalue weighted by Crippen LogP contribution is 2.45. The number of rotatable bonds is 5. The average molecular weight is 380 g/mol. The summed E-state index contributed by atoms with van der Waals surface area (Å²) >= 11 is 6.31. The fraction of sp³-hybridized carbons (Fsp3) is 0.273. The minimum atomic E-state index is -1.29. The summed E-state index contributed by atoms with van der Waals surface area (Å²) in [5.41, 5.74) is 1.18. The van der Waals surface area contributed by atoms with Gasteiger partial charge in [0.05, 0.1) is 6.04 Å². The highest BCUT2D eigenvalue weighted by Gasteiger charge is 2.45. The second-order valence-corrected chi connectivity index (χ2v) is 7.39. The smallest absolute Gasteiger partial charge is 0.137 e. The minimum Gasteiger partial charge on any atom is -0.378 e. The van der Waals surface area contributed by atoms with Gasteiger partial charge in [-0.2, -0.15) is 0 Å². The van der Waals surface area contributed by atoms with E-state index in [-0.39, 0.29) is 6.04 Å². The Labute approximate surface area is 164 Å². The lowest BCUT2D eigenvalue weighted by Gasteiger charge is -2.42. The molecule has 1 unspecified atom stereocenters. The maximum absolute atomic E-state index is 12.3. The van der Waals surface area contributed by atoms with E-state index in [4.69, 9.17) is 11.6 Å². The van der Waals surface area contributed by atoms with Crippen LogP contribution in [0.4, 0.5) is 0 Å². The molecule has 2 aromatic heterocycles. The first-order valence-corrected chi connectivity index (χ1v) is 9.60. The normalized spacial score (nSPS) is 16.4. The second-order valence-electron chi connectivity index (χ2n) is 6.95. The van der Waals surface area contributed by atoms with Gasteiger partial charge < -0.3 is 5.11 Å². The van der Waals surface area contributed by atoms with Crippen molar-refractivity contribution in [2.24, 2.45) is 0 Å². The van der Waals surface area contributed by atoms with E-state index in [2.05, 4.69) is 14.9 Å². The maximum Gasteiger partial charge on any atom is 0.137 e. The molecule has 1 aliphatic heterocycles. The van der Waals surface area contributed by atoms with E-state index in [0.717, 1.165) is 42.6 Å². The van der Waals surface area contributed by atoms with Crippen molar-refractivity contribution in [3.05, 3.63) is 95.0 Å². The Hall–Kier alpha value is -2.27. The molecule has 1 N–H and O–H groups in total. The van der Waals surface area contributed by atoms with Gasteiger partial charge in [0.2, 0.25) is 0 Å². The van der Waals surface area contributed by atoms with E-state index in [1.165, 1.54) is 0 Å². The lowest BCUT2D eigenvalue weighted by Crippen LogP contribution is -2.44. The third kappa shape index (κ3) is 3.48. The Morgan fingerprint density at radius 2 is 1.56 bits per heavy atom. The summed E-state index contributed by atoms with van der Waals surface area (Å²) in [6.45, 7) is 1.86. The molecule has 1 aliphatic rings. The Morgan fingerprint density at radius 1 is 0.926 bits per heavy atom. The van der Waals surface area contributed by atoms with Crippen molar-refractivity contribution in [1.82, 2.24) is 14.9 Å². The molecule has 4 rings (SSSR count). The van der Waals surface area contributed by atoms with Gasteiger partial charge in [-0.1, -0.05) is 35.9 Å². The van der Waals surface area contributed by atoms with Crippen LogP contribution in [-0.4, -0.2) is 33.1 Å². The first kappa shape index (κ1) is 18.1. The van der Waals surface area contributed by atoms with Crippen LogP contribution in [-0.2, 0) is 5.60 Å². The largest absolute Gasteiger partial charge is 0.378 e. The first-order valence-electron chi connectivity index (χ1n) is 9.22. The molecule has 1 saturated heterocycles. The molecule has 0 aliphatic carbocycles. The second kappa shape index (κ2) is 7.77. The van der Waals surface area contributed by atoms with Gasteiger partial charge in [0.15, 0.2) is 0 Å². The number of aliphatic hydroxyl groups is 1. The van der Waals surface area contributed by atoms with Crippen LogP contribution in [0.25, 0.3) is 0 Å². The maximum atomic E-state index is 12.3. The first-order chi connectivity index (χ1) is 13.2. The molecule has 3 aromatic rings. The third-order valence-corrected chi connectivity index (χ3v) is 5.50. The van der Waals surface area contributed by atoms with Crippen molar-refractivity contribution < 1.29 is 5.11 Å². The van der Waals surface area contributed by atoms with Crippen LogP contribution in [0.5, 0.6) is 0 Å². The van der Waals surface area contributed by atoms with Crippen LogP contribution >= 0.6 is 11.6 Å². The quantitative estimate of drug-likeness (QED) is 0.721. The van der Waals surface area contributed by atoms with Crippen LogP contribution < -0.4 is 0 Å². The summed E-state index contributed by atoms with van der Waals surface area (Å²) < 4.78 is 0. The summed E-state index contributed by atoms with van der Waals surface area (Å²) in [6, 6.07) is 15.1. The molecule has 1 fully saturated rings. The SMILES string of the molecule is OC(c1cccnc1)(c1cccnc1)C(c1cccc(Cl)c1)N1CCCC1. The molecular formula is C22H22ClN3O. The highest BCUT2D eigenvalue weighted by molar-refractivity contribution is 6.30. The molecule has 138 valence electrons. The topological polar surface area (TPSA) is 49.3 Å². The molecule has 0 saturated carbocycles. The van der Waals surface area contributed by atoms with Crippen molar-refractivity contribution in [1.29, 1.82) is 0 Å². The van der Waals surface area contributed by atoms with Gasteiger partial charge >= 0.3 is 0 Å². The molecule has 0 amide bonds. The summed E-state index contributed by atoms with van der Waals surface area (Å²) in [5.74, 6) is 0. The number of nitrogens with zero attached hydrogens (tertiary/aromatic N) is 3. The van der Waals surface area contributed by atoms with Crippen LogP contribution in [0.1, 0.15) is 35.6 Å². The molecule has 27 heavy (non-hydrogen) atoms. The number of aromatic nitrogens is 2. The van der Waals surface area contributed by atoms with Gasteiger partial charge in [0.1, 0.15) is 5.60 Å². The minimum absolute atomic E-state index is 0.285. The van der Waals surface area contributed by atoms with Gasteiger partial charge in [-0.3, -0.25) is 14.9 Å². The van der Waals surface area contributed by atoms with Gasteiger partial charge in [-0.15, -0.1) is 0 Å². The fourth-order valence-electron chi connectivity index (χ4n) is 4.05. The standard InChI is InChI=1S/C22H22ClN3O/c23-20-9-3-6-17(14-20)21(26-12-1-2-13-26)22(27,18-7-4-10-24-15-18)19-8-5-11-25-16-19/h3-11,14-16,21,27H,1-2,12-13H2. The molecule has 3 heterocycles. The Kier molecular flexibility index (Phi) is 5.21. The van der Waals surface area contributed by atoms with Crippen molar-refractivity contribution in [3.63, 3.8) is 0 Å². The lowest BCUT2D eigenvalue weighted by molar-refractivity contribution is -0.0152. The number of halogens is 1. The third-order valence-electron chi connectivity index (χ3n) is 5.27. The van der Waals surface area contributed by atoms with Crippen molar-refractivity contribution in [2.45, 2.75) is 24.5 Å². The molecule has 1 atom stereocenters. The lowest BCUT2D eigenvalue weighted by atomic mass is 9.77. The Bertz CT molecular complexity index is 843. The fourth-order valence-corrected chi connectivity index (χ4v) is 4.25. The summed E-state index contributed by atoms with van der Waals surface area (Å²) in [6.07, 6.45) is 9.15. The predicted molar refractivity (Wildman–Crippen MR) is 106 cm³/mol. The van der Waals surface area contributed by atoms with E-state index in [0.29, 0.717) is 5.02 Å². The number of hydrogen-bond donors (Lipinski definition) is 1. The molecule has 0 bridgehead atoms. The summed E-state index contributed by atoms with van der Waals surface area (Å²) in [7, 11) is 0.